The largest absolute Gasteiger partial charge is 0.484 e. The maximum absolute atomic E-state index is 11.9. The van der Waals surface area contributed by atoms with Crippen molar-refractivity contribution in [2.75, 3.05) is 6.61 Å². The monoisotopic (exact) mass is 355 g/mol. The number of rotatable bonds is 5. The minimum Gasteiger partial charge on any atom is -0.484 e. The van der Waals surface area contributed by atoms with Crippen molar-refractivity contribution in [1.82, 2.24) is 5.32 Å². The average Bonchev–Trinajstić information content (AvgIpc) is 2.45. The summed E-state index contributed by atoms with van der Waals surface area (Å²) in [5.41, 5.74) is 0. The highest BCUT2D eigenvalue weighted by Crippen LogP contribution is 2.24. The van der Waals surface area contributed by atoms with E-state index in [-0.39, 0.29) is 18.6 Å². The molecule has 1 aliphatic carbocycles. The summed E-state index contributed by atoms with van der Waals surface area (Å²) < 4.78 is 6.27. The number of aliphatic carboxylic acids is 1. The summed E-state index contributed by atoms with van der Waals surface area (Å²) in [6.07, 6.45) is 3.17. The Bertz CT molecular complexity index is 520. The molecular weight excluding hydrogens is 338 g/mol. The molecule has 0 aliphatic heterocycles. The van der Waals surface area contributed by atoms with Gasteiger partial charge in [-0.3, -0.25) is 9.59 Å². The molecule has 1 amide bonds. The van der Waals surface area contributed by atoms with Gasteiger partial charge in [0.1, 0.15) is 5.75 Å². The van der Waals surface area contributed by atoms with Crippen molar-refractivity contribution in [3.05, 3.63) is 28.7 Å². The minimum absolute atomic E-state index is 0.112. The molecule has 0 heterocycles. The summed E-state index contributed by atoms with van der Waals surface area (Å²) in [6, 6.07) is 6.92. The topological polar surface area (TPSA) is 75.6 Å². The molecule has 2 atom stereocenters. The molecule has 2 N–H and O–H groups in total. The maximum atomic E-state index is 11.9. The van der Waals surface area contributed by atoms with Gasteiger partial charge in [-0.2, -0.15) is 0 Å². The van der Waals surface area contributed by atoms with Crippen molar-refractivity contribution in [2.24, 2.45) is 5.92 Å². The second-order valence-corrected chi connectivity index (χ2v) is 6.06. The molecule has 2 rings (SSSR count). The standard InChI is InChI=1S/C15H18BrNO4/c16-10-4-3-5-11(8-10)21-9-14(18)17-13-7-2-1-6-12(13)15(19)20/h3-5,8,12-13H,1-2,6-7,9H2,(H,17,18)(H,19,20). The normalized spacial score (nSPS) is 21.6. The second-order valence-electron chi connectivity index (χ2n) is 5.15. The zero-order chi connectivity index (χ0) is 15.2. The second kappa shape index (κ2) is 7.45. The summed E-state index contributed by atoms with van der Waals surface area (Å²) in [6.45, 7) is -0.112. The van der Waals surface area contributed by atoms with E-state index in [4.69, 9.17) is 4.74 Å². The number of ether oxygens (including phenoxy) is 1. The van der Waals surface area contributed by atoms with E-state index in [9.17, 15) is 14.7 Å². The van der Waals surface area contributed by atoms with Gasteiger partial charge in [0.25, 0.3) is 5.91 Å². The van der Waals surface area contributed by atoms with Crippen LogP contribution in [0.3, 0.4) is 0 Å². The van der Waals surface area contributed by atoms with Crippen LogP contribution in [0, 0.1) is 5.92 Å². The predicted octanol–water partition coefficient (Wildman–Crippen LogP) is 2.59. The van der Waals surface area contributed by atoms with Crippen molar-refractivity contribution in [2.45, 2.75) is 31.7 Å². The molecule has 2 unspecified atom stereocenters. The number of benzene rings is 1. The lowest BCUT2D eigenvalue weighted by molar-refractivity contribution is -0.144. The van der Waals surface area contributed by atoms with Crippen LogP contribution in [0.4, 0.5) is 0 Å². The molecule has 0 bridgehead atoms. The third-order valence-electron chi connectivity index (χ3n) is 3.60. The SMILES string of the molecule is O=C(COc1cccc(Br)c1)NC1CCCCC1C(=O)O. The average molecular weight is 356 g/mol. The fraction of sp³-hybridized carbons (Fsp3) is 0.467. The Morgan fingerprint density at radius 1 is 1.33 bits per heavy atom. The number of carboxylic acid groups (broad SMARTS) is 1. The number of halogens is 1. The van der Waals surface area contributed by atoms with Crippen molar-refractivity contribution in [3.63, 3.8) is 0 Å². The molecule has 1 fully saturated rings. The Morgan fingerprint density at radius 3 is 2.81 bits per heavy atom. The summed E-state index contributed by atoms with van der Waals surface area (Å²) >= 11 is 3.33. The summed E-state index contributed by atoms with van der Waals surface area (Å²) in [7, 11) is 0. The third kappa shape index (κ3) is 4.74. The zero-order valence-corrected chi connectivity index (χ0v) is 13.1. The molecule has 1 saturated carbocycles. The molecule has 1 aromatic carbocycles. The van der Waals surface area contributed by atoms with Gasteiger partial charge in [0.15, 0.2) is 6.61 Å². The van der Waals surface area contributed by atoms with E-state index >= 15 is 0 Å². The fourth-order valence-electron chi connectivity index (χ4n) is 2.55. The predicted molar refractivity (Wildman–Crippen MR) is 81.2 cm³/mol. The first-order chi connectivity index (χ1) is 10.1. The molecule has 5 nitrogen and oxygen atoms in total. The summed E-state index contributed by atoms with van der Waals surface area (Å²) in [4.78, 5) is 23.1. The Balaban J connectivity index is 1.84. The smallest absolute Gasteiger partial charge is 0.308 e. The zero-order valence-electron chi connectivity index (χ0n) is 11.5. The number of hydrogen-bond acceptors (Lipinski definition) is 3. The van der Waals surface area contributed by atoms with E-state index in [2.05, 4.69) is 21.2 Å². The van der Waals surface area contributed by atoms with Crippen LogP contribution in [0.5, 0.6) is 5.75 Å². The Hall–Kier alpha value is -1.56. The van der Waals surface area contributed by atoms with E-state index in [1.807, 2.05) is 12.1 Å². The number of carbonyl (C=O) groups excluding carboxylic acids is 1. The molecule has 1 aliphatic rings. The first kappa shape index (κ1) is 15.8. The Morgan fingerprint density at radius 2 is 2.10 bits per heavy atom. The third-order valence-corrected chi connectivity index (χ3v) is 4.09. The molecule has 0 saturated heterocycles. The Kier molecular flexibility index (Phi) is 5.61. The van der Waals surface area contributed by atoms with Crippen molar-refractivity contribution >= 4 is 27.8 Å². The Labute approximate surface area is 131 Å². The van der Waals surface area contributed by atoms with Gasteiger partial charge < -0.3 is 15.2 Å². The fourth-order valence-corrected chi connectivity index (χ4v) is 2.93. The van der Waals surface area contributed by atoms with Crippen LogP contribution in [-0.2, 0) is 9.59 Å². The van der Waals surface area contributed by atoms with Crippen LogP contribution >= 0.6 is 15.9 Å². The van der Waals surface area contributed by atoms with E-state index in [0.717, 1.165) is 17.3 Å². The van der Waals surface area contributed by atoms with E-state index in [0.29, 0.717) is 18.6 Å². The number of hydrogen-bond donors (Lipinski definition) is 2. The molecule has 0 radical (unpaired) electrons. The van der Waals surface area contributed by atoms with Crippen LogP contribution in [0.2, 0.25) is 0 Å². The number of nitrogens with one attached hydrogen (secondary N) is 1. The quantitative estimate of drug-likeness (QED) is 0.850. The molecule has 114 valence electrons. The minimum atomic E-state index is -0.840. The van der Waals surface area contributed by atoms with Gasteiger partial charge in [-0.15, -0.1) is 0 Å². The van der Waals surface area contributed by atoms with Gasteiger partial charge in [0, 0.05) is 10.5 Å². The summed E-state index contributed by atoms with van der Waals surface area (Å²) in [5, 5.41) is 12.0. The lowest BCUT2D eigenvalue weighted by Crippen LogP contribution is -2.46. The lowest BCUT2D eigenvalue weighted by atomic mass is 9.84. The molecule has 0 spiro atoms. The first-order valence-electron chi connectivity index (χ1n) is 6.97. The number of carbonyl (C=O) groups is 2. The first-order valence-corrected chi connectivity index (χ1v) is 7.76. The van der Waals surface area contributed by atoms with Crippen LogP contribution in [0.15, 0.2) is 28.7 Å². The van der Waals surface area contributed by atoms with Gasteiger partial charge >= 0.3 is 5.97 Å². The molecule has 1 aromatic rings. The molecular formula is C15H18BrNO4. The molecule has 21 heavy (non-hydrogen) atoms. The van der Waals surface area contributed by atoms with E-state index in [1.54, 1.807) is 12.1 Å². The van der Waals surface area contributed by atoms with Crippen molar-refractivity contribution in [1.29, 1.82) is 0 Å². The highest BCUT2D eigenvalue weighted by atomic mass is 79.9. The molecule has 0 aromatic heterocycles. The van der Waals surface area contributed by atoms with Gasteiger partial charge in [0.05, 0.1) is 5.92 Å². The highest BCUT2D eigenvalue weighted by Gasteiger charge is 2.31. The van der Waals surface area contributed by atoms with Crippen LogP contribution in [0.25, 0.3) is 0 Å². The van der Waals surface area contributed by atoms with Crippen molar-refractivity contribution < 1.29 is 19.4 Å². The summed E-state index contributed by atoms with van der Waals surface area (Å²) in [5.74, 6) is -1.02. The van der Waals surface area contributed by atoms with Crippen LogP contribution in [-0.4, -0.2) is 29.6 Å². The van der Waals surface area contributed by atoms with Gasteiger partial charge in [-0.25, -0.2) is 0 Å². The van der Waals surface area contributed by atoms with Crippen molar-refractivity contribution in [3.8, 4) is 5.75 Å². The van der Waals surface area contributed by atoms with Gasteiger partial charge in [0.2, 0.25) is 0 Å². The van der Waals surface area contributed by atoms with Crippen LogP contribution in [0.1, 0.15) is 25.7 Å². The molecule has 6 heteroatoms. The van der Waals surface area contributed by atoms with E-state index < -0.39 is 11.9 Å². The maximum Gasteiger partial charge on any atom is 0.308 e. The number of carboxylic acids is 1. The highest BCUT2D eigenvalue weighted by molar-refractivity contribution is 9.10. The lowest BCUT2D eigenvalue weighted by Gasteiger charge is -2.29. The number of amides is 1. The van der Waals surface area contributed by atoms with Crippen LogP contribution < -0.4 is 10.1 Å². The van der Waals surface area contributed by atoms with Gasteiger partial charge in [-0.05, 0) is 31.0 Å². The van der Waals surface area contributed by atoms with Gasteiger partial charge in [-0.1, -0.05) is 34.8 Å². The van der Waals surface area contributed by atoms with E-state index in [1.165, 1.54) is 0 Å².